The fraction of sp³-hybridized carbons (Fsp3) is 0.533. The van der Waals surface area contributed by atoms with E-state index in [0.717, 1.165) is 44.7 Å². The van der Waals surface area contributed by atoms with Crippen LogP contribution in [0.1, 0.15) is 42.1 Å². The van der Waals surface area contributed by atoms with E-state index in [4.69, 9.17) is 10.5 Å². The van der Waals surface area contributed by atoms with E-state index >= 15 is 0 Å². The van der Waals surface area contributed by atoms with E-state index in [-0.39, 0.29) is 5.91 Å². The lowest BCUT2D eigenvalue weighted by atomic mass is 10.1. The molecule has 0 saturated carbocycles. The molecule has 4 heteroatoms. The van der Waals surface area contributed by atoms with Crippen LogP contribution in [0.5, 0.6) is 0 Å². The van der Waals surface area contributed by atoms with Crippen LogP contribution in [-0.4, -0.2) is 25.7 Å². The van der Waals surface area contributed by atoms with Crippen molar-refractivity contribution in [2.75, 3.05) is 19.8 Å². The third kappa shape index (κ3) is 6.94. The van der Waals surface area contributed by atoms with Crippen LogP contribution in [0.2, 0.25) is 0 Å². The Bertz CT molecular complexity index is 363. The summed E-state index contributed by atoms with van der Waals surface area (Å²) in [6, 6.07) is 7.36. The van der Waals surface area contributed by atoms with Gasteiger partial charge in [0.05, 0.1) is 0 Å². The van der Waals surface area contributed by atoms with Crippen LogP contribution in [0.15, 0.2) is 24.3 Å². The first-order valence-electron chi connectivity index (χ1n) is 6.91. The third-order valence-corrected chi connectivity index (χ3v) is 2.85. The second kappa shape index (κ2) is 9.53. The predicted octanol–water partition coefficient (Wildman–Crippen LogP) is 2.08. The molecule has 0 saturated heterocycles. The summed E-state index contributed by atoms with van der Waals surface area (Å²) in [6.07, 6.45) is 3.34. The molecule has 0 fully saturated rings. The minimum absolute atomic E-state index is 0.385. The Balaban J connectivity index is 2.07. The monoisotopic (exact) mass is 264 g/mol. The van der Waals surface area contributed by atoms with Crippen molar-refractivity contribution >= 4 is 5.91 Å². The Morgan fingerprint density at radius 3 is 2.53 bits per heavy atom. The standard InChI is InChI=1S/C15H24N2O2/c1-2-3-10-19-11-4-9-17-12-13-5-7-14(8-6-13)15(16)18/h5-8,17H,2-4,9-12H2,1H3,(H2,16,18). The van der Waals surface area contributed by atoms with E-state index in [0.29, 0.717) is 5.56 Å². The smallest absolute Gasteiger partial charge is 0.248 e. The Labute approximate surface area is 115 Å². The first-order chi connectivity index (χ1) is 9.24. The van der Waals surface area contributed by atoms with Crippen molar-refractivity contribution in [3.8, 4) is 0 Å². The number of rotatable bonds is 10. The van der Waals surface area contributed by atoms with Gasteiger partial charge in [-0.25, -0.2) is 0 Å². The molecular weight excluding hydrogens is 240 g/mol. The first-order valence-corrected chi connectivity index (χ1v) is 6.91. The van der Waals surface area contributed by atoms with Crippen LogP contribution < -0.4 is 11.1 Å². The lowest BCUT2D eigenvalue weighted by Crippen LogP contribution is -2.17. The zero-order valence-corrected chi connectivity index (χ0v) is 11.7. The molecule has 0 unspecified atom stereocenters. The highest BCUT2D eigenvalue weighted by Gasteiger charge is 1.99. The Hall–Kier alpha value is -1.39. The van der Waals surface area contributed by atoms with Gasteiger partial charge in [-0.3, -0.25) is 4.79 Å². The van der Waals surface area contributed by atoms with E-state index in [9.17, 15) is 4.79 Å². The van der Waals surface area contributed by atoms with Crippen molar-refractivity contribution in [3.63, 3.8) is 0 Å². The molecule has 0 aliphatic carbocycles. The van der Waals surface area contributed by atoms with Crippen molar-refractivity contribution in [3.05, 3.63) is 35.4 Å². The number of carbonyl (C=O) groups excluding carboxylic acids is 1. The van der Waals surface area contributed by atoms with Gasteiger partial charge in [0.25, 0.3) is 0 Å². The highest BCUT2D eigenvalue weighted by molar-refractivity contribution is 5.92. The van der Waals surface area contributed by atoms with Gasteiger partial charge in [-0.1, -0.05) is 25.5 Å². The molecule has 1 aromatic carbocycles. The predicted molar refractivity (Wildman–Crippen MR) is 77.0 cm³/mol. The largest absolute Gasteiger partial charge is 0.381 e. The number of amides is 1. The first kappa shape index (κ1) is 15.7. The maximum atomic E-state index is 10.9. The van der Waals surface area contributed by atoms with Crippen molar-refractivity contribution in [1.82, 2.24) is 5.32 Å². The average molecular weight is 264 g/mol. The number of ether oxygens (including phenoxy) is 1. The summed E-state index contributed by atoms with van der Waals surface area (Å²) < 4.78 is 5.48. The second-order valence-electron chi connectivity index (χ2n) is 4.56. The summed E-state index contributed by atoms with van der Waals surface area (Å²) in [5.74, 6) is -0.385. The number of nitrogens with one attached hydrogen (secondary N) is 1. The van der Waals surface area contributed by atoms with E-state index in [1.54, 1.807) is 12.1 Å². The fourth-order valence-corrected chi connectivity index (χ4v) is 1.67. The third-order valence-electron chi connectivity index (χ3n) is 2.85. The Morgan fingerprint density at radius 1 is 1.21 bits per heavy atom. The molecule has 106 valence electrons. The topological polar surface area (TPSA) is 64.3 Å². The SMILES string of the molecule is CCCCOCCCNCc1ccc(C(N)=O)cc1. The fourth-order valence-electron chi connectivity index (χ4n) is 1.67. The van der Waals surface area contributed by atoms with Gasteiger partial charge in [-0.05, 0) is 37.1 Å². The number of carbonyl (C=O) groups is 1. The number of primary amides is 1. The maximum absolute atomic E-state index is 10.9. The molecule has 3 N–H and O–H groups in total. The van der Waals surface area contributed by atoms with E-state index < -0.39 is 0 Å². The van der Waals surface area contributed by atoms with Crippen LogP contribution in [-0.2, 0) is 11.3 Å². The number of unbranched alkanes of at least 4 members (excludes halogenated alkanes) is 1. The van der Waals surface area contributed by atoms with Crippen LogP contribution >= 0.6 is 0 Å². The van der Waals surface area contributed by atoms with Gasteiger partial charge in [0.1, 0.15) is 0 Å². The van der Waals surface area contributed by atoms with E-state index in [1.807, 2.05) is 12.1 Å². The molecule has 0 aliphatic rings. The van der Waals surface area contributed by atoms with Gasteiger partial charge in [-0.2, -0.15) is 0 Å². The van der Waals surface area contributed by atoms with Crippen molar-refractivity contribution in [2.45, 2.75) is 32.7 Å². The maximum Gasteiger partial charge on any atom is 0.248 e. The van der Waals surface area contributed by atoms with Gasteiger partial charge >= 0.3 is 0 Å². The molecular formula is C15H24N2O2. The molecule has 19 heavy (non-hydrogen) atoms. The molecule has 1 rings (SSSR count). The van der Waals surface area contributed by atoms with Gasteiger partial charge in [-0.15, -0.1) is 0 Å². The minimum Gasteiger partial charge on any atom is -0.381 e. The quantitative estimate of drug-likeness (QED) is 0.636. The second-order valence-corrected chi connectivity index (χ2v) is 4.56. The molecule has 0 bridgehead atoms. The van der Waals surface area contributed by atoms with Crippen molar-refractivity contribution < 1.29 is 9.53 Å². The molecule has 0 aliphatic heterocycles. The van der Waals surface area contributed by atoms with E-state index in [2.05, 4.69) is 12.2 Å². The number of benzene rings is 1. The molecule has 1 amide bonds. The Kier molecular flexibility index (Phi) is 7.86. The van der Waals surface area contributed by atoms with Crippen molar-refractivity contribution in [1.29, 1.82) is 0 Å². The lowest BCUT2D eigenvalue weighted by molar-refractivity contribution is 0.100. The normalized spacial score (nSPS) is 10.6. The zero-order chi connectivity index (χ0) is 13.9. The molecule has 0 heterocycles. The molecule has 1 aromatic rings. The van der Waals surface area contributed by atoms with Crippen molar-refractivity contribution in [2.24, 2.45) is 5.73 Å². The molecule has 0 aromatic heterocycles. The van der Waals surface area contributed by atoms with E-state index in [1.165, 1.54) is 6.42 Å². The van der Waals surface area contributed by atoms with Gasteiger partial charge in [0.2, 0.25) is 5.91 Å². The lowest BCUT2D eigenvalue weighted by Gasteiger charge is -2.06. The van der Waals surface area contributed by atoms with Crippen LogP contribution in [0.3, 0.4) is 0 Å². The minimum atomic E-state index is -0.385. The van der Waals surface area contributed by atoms with Crippen LogP contribution in [0.4, 0.5) is 0 Å². The summed E-state index contributed by atoms with van der Waals surface area (Å²) in [5, 5.41) is 3.35. The number of hydrogen-bond donors (Lipinski definition) is 2. The zero-order valence-electron chi connectivity index (χ0n) is 11.7. The van der Waals surface area contributed by atoms with Crippen LogP contribution in [0, 0.1) is 0 Å². The molecule has 0 radical (unpaired) electrons. The highest BCUT2D eigenvalue weighted by atomic mass is 16.5. The summed E-state index contributed by atoms with van der Waals surface area (Å²) in [7, 11) is 0. The summed E-state index contributed by atoms with van der Waals surface area (Å²) >= 11 is 0. The van der Waals surface area contributed by atoms with Gasteiger partial charge in [0.15, 0.2) is 0 Å². The molecule has 0 spiro atoms. The van der Waals surface area contributed by atoms with Gasteiger partial charge < -0.3 is 15.8 Å². The molecule has 4 nitrogen and oxygen atoms in total. The highest BCUT2D eigenvalue weighted by Crippen LogP contribution is 2.03. The molecule has 0 atom stereocenters. The number of nitrogens with two attached hydrogens (primary N) is 1. The van der Waals surface area contributed by atoms with Crippen LogP contribution in [0.25, 0.3) is 0 Å². The summed E-state index contributed by atoms with van der Waals surface area (Å²) in [5.41, 5.74) is 6.88. The average Bonchev–Trinajstić information content (AvgIpc) is 2.42. The van der Waals surface area contributed by atoms with Gasteiger partial charge in [0, 0.05) is 25.3 Å². The summed E-state index contributed by atoms with van der Waals surface area (Å²) in [6.45, 7) is 5.57. The summed E-state index contributed by atoms with van der Waals surface area (Å²) in [4.78, 5) is 10.9. The Morgan fingerprint density at radius 2 is 1.89 bits per heavy atom. The number of hydrogen-bond acceptors (Lipinski definition) is 3.